The van der Waals surface area contributed by atoms with Crippen LogP contribution in [0, 0.1) is 10.1 Å². The summed E-state index contributed by atoms with van der Waals surface area (Å²) in [6, 6.07) is 28.6. The maximum Gasteiger partial charge on any atom is 0.286 e. The molecular weight excluding hydrogens is 524 g/mol. The summed E-state index contributed by atoms with van der Waals surface area (Å²) >= 11 is 1.40. The van der Waals surface area contributed by atoms with Gasteiger partial charge in [-0.2, -0.15) is 4.99 Å². The highest BCUT2D eigenvalue weighted by Gasteiger charge is 2.29. The number of hydrogen-bond acceptors (Lipinski definition) is 7. The lowest BCUT2D eigenvalue weighted by Crippen LogP contribution is -2.47. The van der Waals surface area contributed by atoms with Crippen molar-refractivity contribution >= 4 is 51.1 Å². The molecule has 0 saturated carbocycles. The summed E-state index contributed by atoms with van der Waals surface area (Å²) in [5, 5.41) is 14.1. The summed E-state index contributed by atoms with van der Waals surface area (Å²) in [4.78, 5) is 32.8. The van der Waals surface area contributed by atoms with Gasteiger partial charge in [-0.15, -0.1) is 0 Å². The van der Waals surface area contributed by atoms with E-state index in [0.29, 0.717) is 10.7 Å². The summed E-state index contributed by atoms with van der Waals surface area (Å²) in [5.41, 5.74) is 2.86. The standard InChI is InChI=1S/C31H26N4O4S/c36-30-29(20-24-7-2-4-11-28(24)39-21-22-12-14-25(15-13-22)35(37)38)40-31(32-30)34-18-16-33(17-19-34)27-10-5-8-23-6-1-3-9-26(23)27/h1-15,20H,16-19,21H2. The normalized spacial score (nSPS) is 16.4. The molecule has 1 amide bonds. The van der Waals surface area contributed by atoms with E-state index >= 15 is 0 Å². The minimum absolute atomic E-state index is 0.0384. The van der Waals surface area contributed by atoms with Gasteiger partial charge >= 0.3 is 0 Å². The Balaban J connectivity index is 1.10. The zero-order valence-corrected chi connectivity index (χ0v) is 22.4. The first kappa shape index (κ1) is 25.6. The molecule has 8 nitrogen and oxygen atoms in total. The quantitative estimate of drug-likeness (QED) is 0.162. The summed E-state index contributed by atoms with van der Waals surface area (Å²) in [5.74, 6) is 0.376. The van der Waals surface area contributed by atoms with Crippen molar-refractivity contribution in [2.75, 3.05) is 31.1 Å². The van der Waals surface area contributed by atoms with Gasteiger partial charge in [0.05, 0.1) is 9.83 Å². The number of nitro benzene ring substituents is 1. The van der Waals surface area contributed by atoms with Gasteiger partial charge in [0, 0.05) is 54.9 Å². The smallest absolute Gasteiger partial charge is 0.286 e. The highest BCUT2D eigenvalue weighted by atomic mass is 32.2. The SMILES string of the molecule is O=C1N=C(N2CCN(c3cccc4ccccc34)CC2)SC1=Cc1ccccc1OCc1ccc([N+](=O)[O-])cc1. The number of nitrogens with zero attached hydrogens (tertiary/aromatic N) is 4. The number of fused-ring (bicyclic) bond motifs is 1. The molecule has 0 N–H and O–H groups in total. The van der Waals surface area contributed by atoms with Crippen LogP contribution in [0.25, 0.3) is 16.8 Å². The zero-order chi connectivity index (χ0) is 27.5. The number of non-ortho nitro benzene ring substituents is 1. The van der Waals surface area contributed by atoms with Gasteiger partial charge in [-0.25, -0.2) is 0 Å². The van der Waals surface area contributed by atoms with Gasteiger partial charge in [0.1, 0.15) is 12.4 Å². The third kappa shape index (κ3) is 5.41. The molecule has 1 saturated heterocycles. The van der Waals surface area contributed by atoms with Gasteiger partial charge < -0.3 is 14.5 Å². The van der Waals surface area contributed by atoms with E-state index in [4.69, 9.17) is 4.74 Å². The van der Waals surface area contributed by atoms with Crippen LogP contribution in [-0.4, -0.2) is 47.1 Å². The topological polar surface area (TPSA) is 88.3 Å². The van der Waals surface area contributed by atoms with Crippen LogP contribution in [0.15, 0.2) is 101 Å². The summed E-state index contributed by atoms with van der Waals surface area (Å²) < 4.78 is 6.01. The van der Waals surface area contributed by atoms with Crippen molar-refractivity contribution in [3.8, 4) is 5.75 Å². The maximum atomic E-state index is 12.8. The second-order valence-electron chi connectivity index (χ2n) is 9.53. The average molecular weight is 551 g/mol. The third-order valence-corrected chi connectivity index (χ3v) is 8.06. The number of aliphatic imine (C=N–C) groups is 1. The van der Waals surface area contributed by atoms with Crippen molar-refractivity contribution in [3.63, 3.8) is 0 Å². The fourth-order valence-electron chi connectivity index (χ4n) is 4.90. The van der Waals surface area contributed by atoms with Crippen LogP contribution in [0.2, 0.25) is 0 Å². The van der Waals surface area contributed by atoms with Gasteiger partial charge in [-0.1, -0.05) is 54.6 Å². The van der Waals surface area contributed by atoms with Crippen molar-refractivity contribution in [2.45, 2.75) is 6.61 Å². The molecule has 0 aliphatic carbocycles. The molecule has 6 rings (SSSR count). The minimum atomic E-state index is -0.427. The first-order chi connectivity index (χ1) is 19.5. The molecule has 9 heteroatoms. The van der Waals surface area contributed by atoms with Crippen molar-refractivity contribution in [1.29, 1.82) is 0 Å². The second kappa shape index (κ2) is 11.2. The van der Waals surface area contributed by atoms with Crippen molar-refractivity contribution < 1.29 is 14.5 Å². The number of ether oxygens (including phenoxy) is 1. The number of thioether (sulfide) groups is 1. The molecule has 0 spiro atoms. The molecule has 4 aromatic carbocycles. The van der Waals surface area contributed by atoms with Crippen molar-refractivity contribution in [2.24, 2.45) is 4.99 Å². The first-order valence-corrected chi connectivity index (χ1v) is 13.8. The number of nitro groups is 1. The van der Waals surface area contributed by atoms with Crippen LogP contribution < -0.4 is 9.64 Å². The van der Waals surface area contributed by atoms with E-state index in [-0.39, 0.29) is 18.2 Å². The number of amidine groups is 1. The van der Waals surface area contributed by atoms with Gasteiger partial charge in [0.15, 0.2) is 5.17 Å². The molecule has 0 bridgehead atoms. The predicted octanol–water partition coefficient (Wildman–Crippen LogP) is 6.12. The Hall–Kier alpha value is -4.63. The molecule has 2 heterocycles. The lowest BCUT2D eigenvalue weighted by atomic mass is 10.1. The zero-order valence-electron chi connectivity index (χ0n) is 21.6. The largest absolute Gasteiger partial charge is 0.488 e. The van der Waals surface area contributed by atoms with Crippen LogP contribution in [0.3, 0.4) is 0 Å². The third-order valence-electron chi connectivity index (χ3n) is 7.01. The number of rotatable bonds is 6. The summed E-state index contributed by atoms with van der Waals surface area (Å²) in [6.45, 7) is 3.51. The number of piperazine rings is 1. The first-order valence-electron chi connectivity index (χ1n) is 13.0. The molecule has 200 valence electrons. The van der Waals surface area contributed by atoms with Gasteiger partial charge in [0.2, 0.25) is 0 Å². The Morgan fingerprint density at radius 1 is 0.875 bits per heavy atom. The van der Waals surface area contributed by atoms with E-state index in [1.54, 1.807) is 12.1 Å². The summed E-state index contributed by atoms with van der Waals surface area (Å²) in [7, 11) is 0. The van der Waals surface area contributed by atoms with E-state index in [9.17, 15) is 14.9 Å². The molecule has 0 radical (unpaired) electrons. The van der Waals surface area contributed by atoms with Crippen LogP contribution >= 0.6 is 11.8 Å². The number of carbonyl (C=O) groups excluding carboxylic acids is 1. The Bertz CT molecular complexity index is 1640. The van der Waals surface area contributed by atoms with E-state index in [1.807, 2.05) is 30.3 Å². The van der Waals surface area contributed by atoms with Gasteiger partial charge in [-0.05, 0) is 53.1 Å². The number of anilines is 1. The van der Waals surface area contributed by atoms with Gasteiger partial charge in [-0.3, -0.25) is 14.9 Å². The molecule has 0 aromatic heterocycles. The van der Waals surface area contributed by atoms with Crippen LogP contribution in [0.4, 0.5) is 11.4 Å². The molecular formula is C31H26N4O4S. The molecule has 0 unspecified atom stereocenters. The van der Waals surface area contributed by atoms with Crippen molar-refractivity contribution in [3.05, 3.63) is 117 Å². The molecule has 2 aliphatic rings. The van der Waals surface area contributed by atoms with E-state index in [1.165, 1.54) is 40.4 Å². The molecule has 40 heavy (non-hydrogen) atoms. The Morgan fingerprint density at radius 3 is 2.38 bits per heavy atom. The number of para-hydroxylation sites is 1. The lowest BCUT2D eigenvalue weighted by molar-refractivity contribution is -0.384. The Morgan fingerprint density at radius 2 is 1.57 bits per heavy atom. The number of carbonyl (C=O) groups is 1. The van der Waals surface area contributed by atoms with E-state index < -0.39 is 4.92 Å². The second-order valence-corrected chi connectivity index (χ2v) is 10.5. The highest BCUT2D eigenvalue weighted by Crippen LogP contribution is 2.34. The Labute approximate surface area is 235 Å². The minimum Gasteiger partial charge on any atom is -0.488 e. The lowest BCUT2D eigenvalue weighted by Gasteiger charge is -2.37. The van der Waals surface area contributed by atoms with E-state index in [2.05, 4.69) is 57.3 Å². The molecule has 4 aromatic rings. The molecule has 2 aliphatic heterocycles. The Kier molecular flexibility index (Phi) is 7.20. The van der Waals surface area contributed by atoms with E-state index in [0.717, 1.165) is 42.5 Å². The molecule has 0 atom stereocenters. The highest BCUT2D eigenvalue weighted by molar-refractivity contribution is 8.18. The fourth-order valence-corrected chi connectivity index (χ4v) is 5.86. The predicted molar refractivity (Wildman–Crippen MR) is 160 cm³/mol. The number of hydrogen-bond donors (Lipinski definition) is 0. The van der Waals surface area contributed by atoms with Crippen LogP contribution in [-0.2, 0) is 11.4 Å². The van der Waals surface area contributed by atoms with Crippen LogP contribution in [0.1, 0.15) is 11.1 Å². The summed E-state index contributed by atoms with van der Waals surface area (Å²) in [6.07, 6.45) is 1.82. The average Bonchev–Trinajstić information content (AvgIpc) is 3.36. The number of benzene rings is 4. The van der Waals surface area contributed by atoms with Gasteiger partial charge in [0.25, 0.3) is 11.6 Å². The fraction of sp³-hybridized carbons (Fsp3) is 0.161. The maximum absolute atomic E-state index is 12.8. The monoisotopic (exact) mass is 550 g/mol. The molecule has 1 fully saturated rings. The van der Waals surface area contributed by atoms with Crippen LogP contribution in [0.5, 0.6) is 5.75 Å². The van der Waals surface area contributed by atoms with Crippen molar-refractivity contribution in [1.82, 2.24) is 4.90 Å². The number of amides is 1.